The predicted octanol–water partition coefficient (Wildman–Crippen LogP) is 0.899. The first kappa shape index (κ1) is 13.0. The number of hydrogen-bond donors (Lipinski definition) is 2. The summed E-state index contributed by atoms with van der Waals surface area (Å²) in [6.07, 6.45) is 2.71. The van der Waals surface area contributed by atoms with E-state index in [1.165, 1.54) is 11.8 Å². The number of anilines is 1. The second kappa shape index (κ2) is 7.26. The van der Waals surface area contributed by atoms with Crippen LogP contribution in [-0.2, 0) is 4.74 Å². The van der Waals surface area contributed by atoms with Gasteiger partial charge >= 0.3 is 0 Å². The molecule has 1 aromatic heterocycles. The molecule has 0 bridgehead atoms. The van der Waals surface area contributed by atoms with Crippen molar-refractivity contribution in [2.45, 2.75) is 11.6 Å². The normalized spacial score (nSPS) is 10.2. The Bertz CT molecular complexity index is 302. The van der Waals surface area contributed by atoms with Gasteiger partial charge in [-0.15, -0.1) is 0 Å². The van der Waals surface area contributed by atoms with E-state index in [4.69, 9.17) is 15.3 Å². The van der Waals surface area contributed by atoms with Gasteiger partial charge in [-0.3, -0.25) is 0 Å². The minimum Gasteiger partial charge on any atom is -0.477 e. The Hall–Kier alpha value is -1.05. The third-order valence-corrected chi connectivity index (χ3v) is 2.30. The van der Waals surface area contributed by atoms with Gasteiger partial charge < -0.3 is 14.9 Å². The first-order chi connectivity index (χ1) is 7.80. The van der Waals surface area contributed by atoms with Crippen LogP contribution in [0.15, 0.2) is 11.2 Å². The molecule has 90 valence electrons. The number of rotatable bonds is 7. The molecule has 0 aliphatic heterocycles. The lowest BCUT2D eigenvalue weighted by Crippen LogP contribution is -2.10. The van der Waals surface area contributed by atoms with Gasteiger partial charge in [0.25, 0.3) is 0 Å². The zero-order chi connectivity index (χ0) is 11.8. The van der Waals surface area contributed by atoms with Crippen LogP contribution in [0, 0.1) is 0 Å². The van der Waals surface area contributed by atoms with E-state index in [0.29, 0.717) is 30.1 Å². The van der Waals surface area contributed by atoms with E-state index < -0.39 is 0 Å². The van der Waals surface area contributed by atoms with Crippen LogP contribution in [0.4, 0.5) is 5.82 Å². The van der Waals surface area contributed by atoms with Crippen molar-refractivity contribution >= 4 is 17.6 Å². The fourth-order valence-electron chi connectivity index (χ4n) is 1.02. The molecule has 0 saturated heterocycles. The first-order valence-electron chi connectivity index (χ1n) is 4.81. The second-order valence-electron chi connectivity index (χ2n) is 2.92. The van der Waals surface area contributed by atoms with Crippen molar-refractivity contribution in [2.24, 2.45) is 5.84 Å². The molecule has 0 atom stereocenters. The molecule has 0 amide bonds. The Morgan fingerprint density at radius 3 is 2.88 bits per heavy atom. The van der Waals surface area contributed by atoms with Crippen molar-refractivity contribution in [1.82, 2.24) is 9.97 Å². The number of methoxy groups -OCH3 is 1. The smallest absolute Gasteiger partial charge is 0.219 e. The van der Waals surface area contributed by atoms with Crippen LogP contribution in [0.2, 0.25) is 0 Å². The van der Waals surface area contributed by atoms with Crippen molar-refractivity contribution in [1.29, 1.82) is 0 Å². The first-order valence-corrected chi connectivity index (χ1v) is 6.04. The van der Waals surface area contributed by atoms with Crippen molar-refractivity contribution in [3.63, 3.8) is 0 Å². The molecule has 1 rings (SSSR count). The maximum Gasteiger partial charge on any atom is 0.219 e. The summed E-state index contributed by atoms with van der Waals surface area (Å²) in [4.78, 5) is 8.32. The predicted molar refractivity (Wildman–Crippen MR) is 63.6 cm³/mol. The van der Waals surface area contributed by atoms with Crippen LogP contribution in [-0.4, -0.2) is 36.5 Å². The van der Waals surface area contributed by atoms with Gasteiger partial charge in [-0.2, -0.15) is 4.98 Å². The van der Waals surface area contributed by atoms with Gasteiger partial charge in [0.15, 0.2) is 5.16 Å². The monoisotopic (exact) mass is 244 g/mol. The van der Waals surface area contributed by atoms with Crippen molar-refractivity contribution in [3.05, 3.63) is 6.07 Å². The number of nitrogens with one attached hydrogen (secondary N) is 1. The van der Waals surface area contributed by atoms with E-state index in [1.807, 2.05) is 6.26 Å². The molecule has 1 aromatic rings. The van der Waals surface area contributed by atoms with E-state index in [9.17, 15) is 0 Å². The summed E-state index contributed by atoms with van der Waals surface area (Å²) >= 11 is 1.43. The van der Waals surface area contributed by atoms with Crippen molar-refractivity contribution in [2.75, 3.05) is 32.0 Å². The Labute approximate surface area is 98.9 Å². The fourth-order valence-corrected chi connectivity index (χ4v) is 1.39. The van der Waals surface area contributed by atoms with Crippen LogP contribution < -0.4 is 16.0 Å². The molecule has 1 heterocycles. The highest BCUT2D eigenvalue weighted by Crippen LogP contribution is 2.18. The number of thioether (sulfide) groups is 1. The Balaban J connectivity index is 2.57. The van der Waals surface area contributed by atoms with Crippen LogP contribution in [0.5, 0.6) is 5.88 Å². The number of nitrogen functional groups attached to an aromatic ring is 1. The van der Waals surface area contributed by atoms with E-state index >= 15 is 0 Å². The lowest BCUT2D eigenvalue weighted by Gasteiger charge is -2.07. The quantitative estimate of drug-likeness (QED) is 0.242. The standard InChI is InChI=1S/C9H16N4O2S/c1-14-4-3-5-15-8-6-7(13-10)11-9(12-8)16-2/h6H,3-5,10H2,1-2H3,(H,11,12,13). The van der Waals surface area contributed by atoms with Gasteiger partial charge in [-0.1, -0.05) is 11.8 Å². The van der Waals surface area contributed by atoms with Gasteiger partial charge in [0.1, 0.15) is 5.82 Å². The van der Waals surface area contributed by atoms with E-state index in [1.54, 1.807) is 13.2 Å². The molecule has 6 nitrogen and oxygen atoms in total. The second-order valence-corrected chi connectivity index (χ2v) is 3.69. The summed E-state index contributed by atoms with van der Waals surface area (Å²) in [6, 6.07) is 1.66. The maximum atomic E-state index is 5.45. The minimum absolute atomic E-state index is 0.517. The summed E-state index contributed by atoms with van der Waals surface area (Å²) in [5.74, 6) is 6.35. The Morgan fingerprint density at radius 1 is 1.44 bits per heavy atom. The molecular weight excluding hydrogens is 228 g/mol. The Morgan fingerprint density at radius 2 is 2.25 bits per heavy atom. The van der Waals surface area contributed by atoms with Gasteiger partial charge in [-0.25, -0.2) is 10.8 Å². The van der Waals surface area contributed by atoms with Crippen LogP contribution in [0.3, 0.4) is 0 Å². The third-order valence-electron chi connectivity index (χ3n) is 1.76. The minimum atomic E-state index is 0.517. The molecule has 3 N–H and O–H groups in total. The molecule has 0 aliphatic rings. The summed E-state index contributed by atoms with van der Waals surface area (Å²) in [5.41, 5.74) is 2.47. The number of nitrogens with zero attached hydrogens (tertiary/aromatic N) is 2. The molecule has 0 spiro atoms. The van der Waals surface area contributed by atoms with Gasteiger partial charge in [-0.05, 0) is 6.26 Å². The summed E-state index contributed by atoms with van der Waals surface area (Å²) in [5, 5.41) is 0.622. The van der Waals surface area contributed by atoms with Crippen LogP contribution in [0.25, 0.3) is 0 Å². The number of hydrazine groups is 1. The highest BCUT2D eigenvalue weighted by atomic mass is 32.2. The average Bonchev–Trinajstić information content (AvgIpc) is 2.34. The van der Waals surface area contributed by atoms with E-state index in [2.05, 4.69) is 15.4 Å². The van der Waals surface area contributed by atoms with Crippen molar-refractivity contribution in [3.8, 4) is 5.88 Å². The zero-order valence-electron chi connectivity index (χ0n) is 9.40. The third kappa shape index (κ3) is 4.21. The molecule has 0 saturated carbocycles. The summed E-state index contributed by atoms with van der Waals surface area (Å²) in [7, 11) is 1.66. The van der Waals surface area contributed by atoms with E-state index in [0.717, 1.165) is 6.42 Å². The molecule has 0 aliphatic carbocycles. The van der Waals surface area contributed by atoms with E-state index in [-0.39, 0.29) is 0 Å². The fraction of sp³-hybridized carbons (Fsp3) is 0.556. The summed E-state index contributed by atoms with van der Waals surface area (Å²) < 4.78 is 10.4. The van der Waals surface area contributed by atoms with Gasteiger partial charge in [0, 0.05) is 26.2 Å². The molecule has 0 unspecified atom stereocenters. The zero-order valence-corrected chi connectivity index (χ0v) is 10.2. The largest absolute Gasteiger partial charge is 0.477 e. The topological polar surface area (TPSA) is 82.3 Å². The molecule has 7 heteroatoms. The average molecular weight is 244 g/mol. The number of aromatic nitrogens is 2. The maximum absolute atomic E-state index is 5.45. The molecular formula is C9H16N4O2S. The van der Waals surface area contributed by atoms with Crippen molar-refractivity contribution < 1.29 is 9.47 Å². The lowest BCUT2D eigenvalue weighted by atomic mass is 10.5. The summed E-state index contributed by atoms with van der Waals surface area (Å²) in [6.45, 7) is 1.23. The van der Waals surface area contributed by atoms with Crippen LogP contribution in [0.1, 0.15) is 6.42 Å². The number of ether oxygens (including phenoxy) is 2. The Kier molecular flexibility index (Phi) is 5.91. The highest BCUT2D eigenvalue weighted by molar-refractivity contribution is 7.98. The van der Waals surface area contributed by atoms with Gasteiger partial charge in [0.05, 0.1) is 6.61 Å². The number of hydrogen-bond acceptors (Lipinski definition) is 7. The lowest BCUT2D eigenvalue weighted by molar-refractivity contribution is 0.170. The van der Waals surface area contributed by atoms with Gasteiger partial charge in [0.2, 0.25) is 5.88 Å². The molecule has 16 heavy (non-hydrogen) atoms. The highest BCUT2D eigenvalue weighted by Gasteiger charge is 2.03. The molecule has 0 fully saturated rings. The molecule has 0 radical (unpaired) electrons. The number of nitrogens with two attached hydrogens (primary N) is 1. The molecule has 0 aromatic carbocycles. The SMILES string of the molecule is COCCCOc1cc(NN)nc(SC)n1. The van der Waals surface area contributed by atoms with Crippen LogP contribution >= 0.6 is 11.8 Å².